The second-order valence-electron chi connectivity index (χ2n) is 6.78. The Hall–Kier alpha value is -2.90. The molecule has 0 radical (unpaired) electrons. The predicted molar refractivity (Wildman–Crippen MR) is 114 cm³/mol. The van der Waals surface area contributed by atoms with Gasteiger partial charge in [0.1, 0.15) is 0 Å². The highest BCUT2D eigenvalue weighted by Gasteiger charge is 2.15. The van der Waals surface area contributed by atoms with Gasteiger partial charge in [0.05, 0.1) is 27.3 Å². The smallest absolute Gasteiger partial charge is 0.340 e. The number of aromatic nitrogens is 3. The molecule has 0 saturated heterocycles. The molecule has 3 rings (SSSR count). The highest BCUT2D eigenvalue weighted by Crippen LogP contribution is 2.25. The van der Waals surface area contributed by atoms with Crippen LogP contribution < -0.4 is 5.32 Å². The summed E-state index contributed by atoms with van der Waals surface area (Å²) >= 11 is 11.9. The van der Waals surface area contributed by atoms with Crippen LogP contribution in [0.3, 0.4) is 0 Å². The first-order valence-corrected chi connectivity index (χ1v) is 9.91. The maximum atomic E-state index is 12.2. The van der Waals surface area contributed by atoms with Crippen molar-refractivity contribution in [3.05, 3.63) is 75.2 Å². The first kappa shape index (κ1) is 21.8. The Morgan fingerprint density at radius 1 is 1.13 bits per heavy atom. The van der Waals surface area contributed by atoms with E-state index in [0.29, 0.717) is 15.9 Å². The first-order chi connectivity index (χ1) is 14.2. The summed E-state index contributed by atoms with van der Waals surface area (Å²) < 4.78 is 6.77. The lowest BCUT2D eigenvalue weighted by Gasteiger charge is -2.15. The van der Waals surface area contributed by atoms with Crippen molar-refractivity contribution < 1.29 is 14.3 Å². The molecule has 0 saturated carbocycles. The van der Waals surface area contributed by atoms with E-state index in [1.807, 2.05) is 19.9 Å². The second-order valence-corrected chi connectivity index (χ2v) is 7.60. The molecule has 1 aromatic carbocycles. The van der Waals surface area contributed by atoms with E-state index in [0.717, 1.165) is 17.0 Å². The van der Waals surface area contributed by atoms with Crippen LogP contribution in [0.5, 0.6) is 0 Å². The van der Waals surface area contributed by atoms with E-state index in [-0.39, 0.29) is 11.6 Å². The molecule has 1 amide bonds. The van der Waals surface area contributed by atoms with Gasteiger partial charge in [-0.15, -0.1) is 0 Å². The maximum absolute atomic E-state index is 12.2. The number of nitrogens with one attached hydrogen (secondary N) is 1. The summed E-state index contributed by atoms with van der Waals surface area (Å²) in [6, 6.07) is 9.96. The van der Waals surface area contributed by atoms with E-state index in [1.54, 1.807) is 41.9 Å². The van der Waals surface area contributed by atoms with Gasteiger partial charge in [0.25, 0.3) is 5.91 Å². The van der Waals surface area contributed by atoms with E-state index in [4.69, 9.17) is 27.9 Å². The van der Waals surface area contributed by atoms with Gasteiger partial charge in [-0.1, -0.05) is 29.3 Å². The van der Waals surface area contributed by atoms with Crippen molar-refractivity contribution >= 4 is 35.1 Å². The number of ether oxygens (including phenoxy) is 1. The number of amides is 1. The van der Waals surface area contributed by atoms with Crippen LogP contribution in [0.1, 0.15) is 40.3 Å². The fraction of sp³-hybridized carbons (Fsp3) is 0.238. The molecule has 0 spiro atoms. The quantitative estimate of drug-likeness (QED) is 0.572. The third-order valence-corrected chi connectivity index (χ3v) is 5.10. The zero-order chi connectivity index (χ0) is 21.8. The molecule has 9 heteroatoms. The number of nitrogens with zero attached hydrogens (tertiary/aromatic N) is 3. The van der Waals surface area contributed by atoms with Gasteiger partial charge in [-0.25, -0.2) is 14.5 Å². The number of halogens is 2. The van der Waals surface area contributed by atoms with Crippen molar-refractivity contribution in [2.24, 2.45) is 0 Å². The van der Waals surface area contributed by atoms with Crippen LogP contribution in [0.15, 0.2) is 42.6 Å². The highest BCUT2D eigenvalue weighted by molar-refractivity contribution is 6.42. The van der Waals surface area contributed by atoms with Crippen LogP contribution in [0.4, 0.5) is 0 Å². The van der Waals surface area contributed by atoms with Crippen molar-refractivity contribution in [2.75, 3.05) is 6.61 Å². The Kier molecular flexibility index (Phi) is 6.74. The number of carbonyl (C=O) groups excluding carboxylic acids is 2. The number of hydrogen-bond acceptors (Lipinski definition) is 5. The molecule has 156 valence electrons. The van der Waals surface area contributed by atoms with Crippen LogP contribution in [0.25, 0.3) is 5.82 Å². The highest BCUT2D eigenvalue weighted by atomic mass is 35.5. The lowest BCUT2D eigenvalue weighted by atomic mass is 10.1. The van der Waals surface area contributed by atoms with Gasteiger partial charge in [-0.05, 0) is 56.7 Å². The summed E-state index contributed by atoms with van der Waals surface area (Å²) in [5.74, 6) is -0.487. The minimum Gasteiger partial charge on any atom is -0.452 e. The van der Waals surface area contributed by atoms with Crippen LogP contribution in [0.2, 0.25) is 10.0 Å². The molecule has 7 nitrogen and oxygen atoms in total. The van der Waals surface area contributed by atoms with Gasteiger partial charge in [0, 0.05) is 11.9 Å². The zero-order valence-electron chi connectivity index (χ0n) is 16.6. The SMILES string of the molecule is Cc1cc(C)n(-c2ccc(C(=O)OCC(=O)NC(C)c3ccc(Cl)c(Cl)c3)cn2)n1. The fourth-order valence-electron chi connectivity index (χ4n) is 2.86. The summed E-state index contributed by atoms with van der Waals surface area (Å²) in [4.78, 5) is 28.6. The standard InChI is InChI=1S/C21H20Cl2N4O3/c1-12-8-13(2)27(26-12)19-7-5-16(10-24-19)21(29)30-11-20(28)25-14(3)15-4-6-17(22)18(23)9-15/h4-10,14H,11H2,1-3H3,(H,25,28). The first-order valence-electron chi connectivity index (χ1n) is 9.15. The lowest BCUT2D eigenvalue weighted by Crippen LogP contribution is -2.31. The normalized spacial score (nSPS) is 11.8. The van der Waals surface area contributed by atoms with Crippen molar-refractivity contribution in [1.29, 1.82) is 0 Å². The molecular formula is C21H20Cl2N4O3. The number of carbonyl (C=O) groups is 2. The van der Waals surface area contributed by atoms with Crippen LogP contribution >= 0.6 is 23.2 Å². The van der Waals surface area contributed by atoms with Crippen molar-refractivity contribution in [1.82, 2.24) is 20.1 Å². The van der Waals surface area contributed by atoms with Crippen molar-refractivity contribution in [3.63, 3.8) is 0 Å². The molecule has 3 aromatic rings. The number of hydrogen-bond donors (Lipinski definition) is 1. The van der Waals surface area contributed by atoms with E-state index < -0.39 is 18.5 Å². The topological polar surface area (TPSA) is 86.1 Å². The molecule has 1 unspecified atom stereocenters. The molecule has 0 aliphatic heterocycles. The monoisotopic (exact) mass is 446 g/mol. The summed E-state index contributed by atoms with van der Waals surface area (Å²) in [7, 11) is 0. The summed E-state index contributed by atoms with van der Waals surface area (Å²) in [6.07, 6.45) is 1.39. The van der Waals surface area contributed by atoms with Crippen molar-refractivity contribution in [2.45, 2.75) is 26.8 Å². The Morgan fingerprint density at radius 3 is 2.50 bits per heavy atom. The summed E-state index contributed by atoms with van der Waals surface area (Å²) in [6.45, 7) is 5.19. The third-order valence-electron chi connectivity index (χ3n) is 4.37. The molecule has 30 heavy (non-hydrogen) atoms. The van der Waals surface area contributed by atoms with Gasteiger partial charge in [0.2, 0.25) is 0 Å². The summed E-state index contributed by atoms with van der Waals surface area (Å²) in [5.41, 5.74) is 2.83. The third kappa shape index (κ3) is 5.17. The minimum atomic E-state index is -0.639. The van der Waals surface area contributed by atoms with Gasteiger partial charge in [0.15, 0.2) is 12.4 Å². The number of esters is 1. The largest absolute Gasteiger partial charge is 0.452 e. The van der Waals surface area contributed by atoms with Gasteiger partial charge in [-0.3, -0.25) is 4.79 Å². The molecule has 2 heterocycles. The van der Waals surface area contributed by atoms with Crippen LogP contribution in [-0.4, -0.2) is 33.2 Å². The molecule has 1 atom stereocenters. The number of rotatable bonds is 6. The summed E-state index contributed by atoms with van der Waals surface area (Å²) in [5, 5.41) is 7.93. The molecule has 2 aromatic heterocycles. The zero-order valence-corrected chi connectivity index (χ0v) is 18.2. The minimum absolute atomic E-state index is 0.241. The van der Waals surface area contributed by atoms with E-state index in [2.05, 4.69) is 15.4 Å². The molecule has 0 bridgehead atoms. The predicted octanol–water partition coefficient (Wildman–Crippen LogP) is 4.23. The lowest BCUT2D eigenvalue weighted by molar-refractivity contribution is -0.124. The van der Waals surface area contributed by atoms with Crippen molar-refractivity contribution in [3.8, 4) is 5.82 Å². The van der Waals surface area contributed by atoms with E-state index in [1.165, 1.54) is 6.20 Å². The Balaban J connectivity index is 1.55. The molecule has 0 aliphatic carbocycles. The van der Waals surface area contributed by atoms with Crippen LogP contribution in [-0.2, 0) is 9.53 Å². The average Bonchev–Trinajstić information content (AvgIpc) is 3.06. The maximum Gasteiger partial charge on any atom is 0.340 e. The second kappa shape index (κ2) is 9.28. The van der Waals surface area contributed by atoms with Gasteiger partial charge < -0.3 is 10.1 Å². The molecule has 1 N–H and O–H groups in total. The van der Waals surface area contributed by atoms with E-state index in [9.17, 15) is 9.59 Å². The van der Waals surface area contributed by atoms with Gasteiger partial charge in [-0.2, -0.15) is 5.10 Å². The van der Waals surface area contributed by atoms with Gasteiger partial charge >= 0.3 is 5.97 Å². The number of aryl methyl sites for hydroxylation is 2. The Bertz CT molecular complexity index is 1080. The van der Waals surface area contributed by atoms with Crippen LogP contribution in [0, 0.1) is 13.8 Å². The Labute approximate surface area is 184 Å². The number of pyridine rings is 1. The number of benzene rings is 1. The average molecular weight is 447 g/mol. The molecule has 0 aliphatic rings. The Morgan fingerprint density at radius 2 is 1.90 bits per heavy atom. The molecular weight excluding hydrogens is 427 g/mol. The molecule has 0 fully saturated rings. The fourth-order valence-corrected chi connectivity index (χ4v) is 3.16. The van der Waals surface area contributed by atoms with E-state index >= 15 is 0 Å².